The molecular formula is C13H11Cl2N3O4. The summed E-state index contributed by atoms with van der Waals surface area (Å²) in [6.45, 7) is 0. The van der Waals surface area contributed by atoms with Gasteiger partial charge in [-0.2, -0.15) is 5.10 Å². The second-order valence-electron chi connectivity index (χ2n) is 4.24. The summed E-state index contributed by atoms with van der Waals surface area (Å²) in [7, 11) is 2.67. The van der Waals surface area contributed by atoms with Gasteiger partial charge in [0.25, 0.3) is 0 Å². The molecule has 7 nitrogen and oxygen atoms in total. The van der Waals surface area contributed by atoms with Gasteiger partial charge in [0.1, 0.15) is 5.56 Å². The Balaban J connectivity index is 2.48. The predicted octanol–water partition coefficient (Wildman–Crippen LogP) is 2.84. The molecule has 0 aliphatic rings. The summed E-state index contributed by atoms with van der Waals surface area (Å²) in [5, 5.41) is 16.0. The van der Waals surface area contributed by atoms with E-state index in [2.05, 4.69) is 15.2 Å². The molecule has 0 atom stereocenters. The van der Waals surface area contributed by atoms with Crippen LogP contribution in [0, 0.1) is 0 Å². The van der Waals surface area contributed by atoms with Crippen LogP contribution in [0.1, 0.15) is 15.9 Å². The highest BCUT2D eigenvalue weighted by Gasteiger charge is 2.23. The number of ether oxygens (including phenoxy) is 1. The summed E-state index contributed by atoms with van der Waals surface area (Å²) in [5.41, 5.74) is 0.0842. The number of benzene rings is 1. The second kappa shape index (κ2) is 6.25. The first-order valence-corrected chi connectivity index (χ1v) is 6.71. The van der Waals surface area contributed by atoms with E-state index in [0.29, 0.717) is 0 Å². The predicted molar refractivity (Wildman–Crippen MR) is 80.8 cm³/mol. The normalized spacial score (nSPS) is 10.4. The molecule has 1 amide bonds. The van der Waals surface area contributed by atoms with E-state index in [9.17, 15) is 14.7 Å². The molecule has 0 fully saturated rings. The third-order valence-corrected chi connectivity index (χ3v) is 3.61. The maximum absolute atomic E-state index is 12.4. The largest absolute Gasteiger partial charge is 0.493 e. The zero-order valence-electron chi connectivity index (χ0n) is 11.6. The molecule has 22 heavy (non-hydrogen) atoms. The van der Waals surface area contributed by atoms with E-state index < -0.39 is 11.9 Å². The summed E-state index contributed by atoms with van der Waals surface area (Å²) < 4.78 is 5.61. The van der Waals surface area contributed by atoms with Crippen LogP contribution in [0.25, 0.3) is 0 Å². The Morgan fingerprint density at radius 2 is 2.00 bits per heavy atom. The number of aromatic hydroxyl groups is 1. The molecule has 1 aromatic heterocycles. The topological polar surface area (TPSA) is 93.5 Å². The van der Waals surface area contributed by atoms with E-state index in [1.807, 2.05) is 0 Å². The lowest BCUT2D eigenvalue weighted by atomic mass is 10.1. The first-order chi connectivity index (χ1) is 10.4. The van der Waals surface area contributed by atoms with E-state index in [-0.39, 0.29) is 32.7 Å². The second-order valence-corrected chi connectivity index (χ2v) is 5.02. The molecular weight excluding hydrogens is 333 g/mol. The minimum absolute atomic E-state index is 0.0178. The molecule has 0 spiro atoms. The minimum atomic E-state index is -0.780. The molecule has 0 saturated carbocycles. The highest BCUT2D eigenvalue weighted by Crippen LogP contribution is 2.35. The number of amides is 1. The Labute approximate surface area is 135 Å². The minimum Gasteiger partial charge on any atom is -0.493 e. The summed E-state index contributed by atoms with van der Waals surface area (Å²) in [6, 6.07) is 2.79. The molecule has 2 rings (SSSR count). The molecule has 1 heterocycles. The van der Waals surface area contributed by atoms with E-state index in [4.69, 9.17) is 23.2 Å². The van der Waals surface area contributed by atoms with Gasteiger partial charge in [-0.25, -0.2) is 9.48 Å². The van der Waals surface area contributed by atoms with Gasteiger partial charge in [-0.1, -0.05) is 23.2 Å². The van der Waals surface area contributed by atoms with Crippen LogP contribution in [0.15, 0.2) is 18.3 Å². The standard InChI is InChI=1S/C13H11Cl2N3O4/c1-18-12(20)7(5-16-18)11(19)6-3-4-8(14)10(9(6)15)17-13(21)22-2/h3-5,20H,1-2H3,(H,17,21). The van der Waals surface area contributed by atoms with Crippen molar-refractivity contribution in [3.05, 3.63) is 39.5 Å². The Morgan fingerprint density at radius 3 is 2.55 bits per heavy atom. The van der Waals surface area contributed by atoms with Gasteiger partial charge in [-0.05, 0) is 12.1 Å². The number of halogens is 2. The molecule has 0 aliphatic carbocycles. The Morgan fingerprint density at radius 1 is 1.32 bits per heavy atom. The summed E-state index contributed by atoms with van der Waals surface area (Å²) in [4.78, 5) is 23.7. The highest BCUT2D eigenvalue weighted by molar-refractivity contribution is 6.42. The maximum atomic E-state index is 12.4. The van der Waals surface area contributed by atoms with Gasteiger partial charge in [-0.15, -0.1) is 0 Å². The molecule has 0 bridgehead atoms. The fourth-order valence-corrected chi connectivity index (χ4v) is 2.28. The van der Waals surface area contributed by atoms with Crippen molar-refractivity contribution in [3.8, 4) is 5.88 Å². The van der Waals surface area contributed by atoms with Gasteiger partial charge in [0.15, 0.2) is 0 Å². The molecule has 0 aliphatic heterocycles. The fraction of sp³-hybridized carbons (Fsp3) is 0.154. The van der Waals surface area contributed by atoms with Crippen LogP contribution in [0.4, 0.5) is 10.5 Å². The molecule has 0 saturated heterocycles. The van der Waals surface area contributed by atoms with Crippen LogP contribution in [-0.2, 0) is 11.8 Å². The van der Waals surface area contributed by atoms with Crippen LogP contribution in [0.3, 0.4) is 0 Å². The van der Waals surface area contributed by atoms with Crippen molar-refractivity contribution in [2.75, 3.05) is 12.4 Å². The fourth-order valence-electron chi connectivity index (χ4n) is 1.73. The first kappa shape index (κ1) is 16.1. The zero-order valence-corrected chi connectivity index (χ0v) is 13.1. The quantitative estimate of drug-likeness (QED) is 0.835. The average Bonchev–Trinajstić information content (AvgIpc) is 2.82. The number of carbonyl (C=O) groups is 2. The first-order valence-electron chi connectivity index (χ1n) is 5.95. The molecule has 1 aromatic carbocycles. The van der Waals surface area contributed by atoms with Crippen molar-refractivity contribution in [3.63, 3.8) is 0 Å². The van der Waals surface area contributed by atoms with Gasteiger partial charge in [-0.3, -0.25) is 10.1 Å². The SMILES string of the molecule is COC(=O)Nc1c(Cl)ccc(C(=O)c2cnn(C)c2O)c1Cl. The number of anilines is 1. The van der Waals surface area contributed by atoms with Crippen molar-refractivity contribution >= 4 is 40.8 Å². The van der Waals surface area contributed by atoms with E-state index in [1.54, 1.807) is 0 Å². The highest BCUT2D eigenvalue weighted by atomic mass is 35.5. The van der Waals surface area contributed by atoms with Crippen LogP contribution in [0.5, 0.6) is 5.88 Å². The summed E-state index contributed by atoms with van der Waals surface area (Å²) in [6.07, 6.45) is 0.438. The van der Waals surface area contributed by atoms with Crippen molar-refractivity contribution < 1.29 is 19.4 Å². The molecule has 9 heteroatoms. The number of nitrogens with one attached hydrogen (secondary N) is 1. The van der Waals surface area contributed by atoms with Crippen molar-refractivity contribution in [1.82, 2.24) is 9.78 Å². The number of aromatic nitrogens is 2. The number of aryl methyl sites for hydroxylation is 1. The van der Waals surface area contributed by atoms with Gasteiger partial charge < -0.3 is 9.84 Å². The molecule has 2 aromatic rings. The summed E-state index contributed by atoms with van der Waals surface area (Å²) in [5.74, 6) is -0.848. The van der Waals surface area contributed by atoms with Crippen molar-refractivity contribution in [2.24, 2.45) is 7.05 Å². The van der Waals surface area contributed by atoms with Crippen molar-refractivity contribution in [2.45, 2.75) is 0 Å². The Bertz CT molecular complexity index is 758. The van der Waals surface area contributed by atoms with E-state index in [1.165, 1.54) is 32.5 Å². The smallest absolute Gasteiger partial charge is 0.411 e. The Kier molecular flexibility index (Phi) is 4.58. The maximum Gasteiger partial charge on any atom is 0.411 e. The van der Waals surface area contributed by atoms with Crippen LogP contribution in [0.2, 0.25) is 10.0 Å². The van der Waals surface area contributed by atoms with Gasteiger partial charge in [0, 0.05) is 12.6 Å². The van der Waals surface area contributed by atoms with Crippen LogP contribution in [-0.4, -0.2) is 33.9 Å². The molecule has 116 valence electrons. The Hall–Kier alpha value is -2.25. The number of rotatable bonds is 3. The molecule has 2 N–H and O–H groups in total. The van der Waals surface area contributed by atoms with Crippen molar-refractivity contribution in [1.29, 1.82) is 0 Å². The lowest BCUT2D eigenvalue weighted by molar-refractivity contribution is 0.103. The number of hydrogen-bond acceptors (Lipinski definition) is 5. The third-order valence-electron chi connectivity index (χ3n) is 2.90. The number of methoxy groups -OCH3 is 1. The van der Waals surface area contributed by atoms with Gasteiger partial charge in [0.05, 0.1) is 29.0 Å². The number of carbonyl (C=O) groups excluding carboxylic acids is 2. The molecule has 0 unspecified atom stereocenters. The zero-order chi connectivity index (χ0) is 16.4. The van der Waals surface area contributed by atoms with E-state index >= 15 is 0 Å². The average molecular weight is 344 g/mol. The lowest BCUT2D eigenvalue weighted by Gasteiger charge is -2.11. The van der Waals surface area contributed by atoms with Gasteiger partial charge >= 0.3 is 6.09 Å². The van der Waals surface area contributed by atoms with Crippen LogP contribution >= 0.6 is 23.2 Å². The van der Waals surface area contributed by atoms with E-state index in [0.717, 1.165) is 4.68 Å². The van der Waals surface area contributed by atoms with Gasteiger partial charge in [0.2, 0.25) is 11.7 Å². The van der Waals surface area contributed by atoms with Crippen LogP contribution < -0.4 is 5.32 Å². The number of ketones is 1. The monoisotopic (exact) mass is 343 g/mol. The third kappa shape index (κ3) is 2.86. The number of nitrogens with zero attached hydrogens (tertiary/aromatic N) is 2. The summed E-state index contributed by atoms with van der Waals surface area (Å²) >= 11 is 12.1. The lowest BCUT2D eigenvalue weighted by Crippen LogP contribution is -2.13. The molecule has 0 radical (unpaired) electrons. The number of hydrogen-bond donors (Lipinski definition) is 2.